The van der Waals surface area contributed by atoms with Crippen molar-refractivity contribution < 1.29 is 14.7 Å². The molecular formula is C24H22N2O3S. The first-order valence-corrected chi connectivity index (χ1v) is 10.9. The van der Waals surface area contributed by atoms with E-state index < -0.39 is 6.10 Å². The number of rotatable bonds is 8. The van der Waals surface area contributed by atoms with Gasteiger partial charge in [-0.05, 0) is 23.3 Å². The summed E-state index contributed by atoms with van der Waals surface area (Å²) >= 11 is 1.36. The number of para-hydroxylation sites is 1. The van der Waals surface area contributed by atoms with Crippen LogP contribution >= 0.6 is 11.8 Å². The van der Waals surface area contributed by atoms with Crippen LogP contribution in [0.25, 0.3) is 11.1 Å². The fraction of sp³-hybridized carbons (Fsp3) is 0.167. The predicted molar refractivity (Wildman–Crippen MR) is 122 cm³/mol. The molecule has 1 aliphatic carbocycles. The molecule has 0 saturated heterocycles. The second kappa shape index (κ2) is 9.61. The summed E-state index contributed by atoms with van der Waals surface area (Å²) < 4.78 is 0. The van der Waals surface area contributed by atoms with E-state index in [1.54, 1.807) is 0 Å². The van der Waals surface area contributed by atoms with Crippen molar-refractivity contribution in [2.75, 3.05) is 23.4 Å². The lowest BCUT2D eigenvalue weighted by atomic mass is 10.1. The van der Waals surface area contributed by atoms with Gasteiger partial charge in [0.05, 0.1) is 11.9 Å². The van der Waals surface area contributed by atoms with Crippen molar-refractivity contribution in [3.8, 4) is 11.1 Å². The van der Waals surface area contributed by atoms with Gasteiger partial charge in [-0.1, -0.05) is 71.9 Å². The number of hydrogen-bond acceptors (Lipinski definition) is 5. The summed E-state index contributed by atoms with van der Waals surface area (Å²) in [7, 11) is 0. The Kier molecular flexibility index (Phi) is 6.47. The van der Waals surface area contributed by atoms with Gasteiger partial charge in [0.1, 0.15) is 12.3 Å². The van der Waals surface area contributed by atoms with Crippen molar-refractivity contribution in [1.29, 1.82) is 0 Å². The molecule has 3 aromatic carbocycles. The van der Waals surface area contributed by atoms with Crippen LogP contribution in [0.4, 0.5) is 5.69 Å². The van der Waals surface area contributed by atoms with Gasteiger partial charge >= 0.3 is 0 Å². The average molecular weight is 419 g/mol. The number of aliphatic hydroxyl groups is 1. The number of nitrogens with zero attached hydrogens (tertiary/aromatic N) is 1. The highest BCUT2D eigenvalue weighted by atomic mass is 32.2. The van der Waals surface area contributed by atoms with Crippen LogP contribution in [0.3, 0.4) is 0 Å². The Balaban J connectivity index is 1.27. The molecule has 0 fully saturated rings. The first kappa shape index (κ1) is 20.2. The van der Waals surface area contributed by atoms with Crippen LogP contribution in [0.2, 0.25) is 0 Å². The number of nitrogens with one attached hydrogen (secondary N) is 1. The van der Waals surface area contributed by atoms with Crippen LogP contribution in [-0.4, -0.2) is 40.9 Å². The van der Waals surface area contributed by atoms with Crippen molar-refractivity contribution in [2.24, 2.45) is 5.16 Å². The average Bonchev–Trinajstić information content (AvgIpc) is 3.09. The van der Waals surface area contributed by atoms with E-state index >= 15 is 0 Å². The lowest BCUT2D eigenvalue weighted by molar-refractivity contribution is -0.113. The first-order valence-electron chi connectivity index (χ1n) is 9.72. The molecule has 6 heteroatoms. The molecule has 1 unspecified atom stereocenters. The van der Waals surface area contributed by atoms with Crippen molar-refractivity contribution in [3.05, 3.63) is 90.0 Å². The third kappa shape index (κ3) is 4.72. The number of fused-ring (bicyclic) bond motifs is 3. The predicted octanol–water partition coefficient (Wildman–Crippen LogP) is 4.17. The van der Waals surface area contributed by atoms with Crippen molar-refractivity contribution in [2.45, 2.75) is 6.10 Å². The monoisotopic (exact) mass is 418 g/mol. The van der Waals surface area contributed by atoms with Crippen LogP contribution in [0, 0.1) is 0 Å². The van der Waals surface area contributed by atoms with Gasteiger partial charge in [0.15, 0.2) is 0 Å². The van der Waals surface area contributed by atoms with E-state index in [0.717, 1.165) is 33.7 Å². The summed E-state index contributed by atoms with van der Waals surface area (Å²) in [5, 5.41) is 17.3. The number of carbonyl (C=O) groups excluding carboxylic acids is 1. The highest BCUT2D eigenvalue weighted by Gasteiger charge is 2.24. The lowest BCUT2D eigenvalue weighted by Crippen LogP contribution is -2.20. The maximum Gasteiger partial charge on any atom is 0.234 e. The zero-order chi connectivity index (χ0) is 20.8. The van der Waals surface area contributed by atoms with Crippen LogP contribution < -0.4 is 5.32 Å². The van der Waals surface area contributed by atoms with E-state index in [2.05, 4.69) is 22.6 Å². The molecule has 5 nitrogen and oxygen atoms in total. The summed E-state index contributed by atoms with van der Waals surface area (Å²) in [5.41, 5.74) is 5.87. The second-order valence-corrected chi connectivity index (χ2v) is 7.94. The number of amides is 1. The Morgan fingerprint density at radius 1 is 0.900 bits per heavy atom. The van der Waals surface area contributed by atoms with E-state index in [4.69, 9.17) is 4.84 Å². The minimum absolute atomic E-state index is 0.0706. The molecule has 152 valence electrons. The summed E-state index contributed by atoms with van der Waals surface area (Å²) in [6, 6.07) is 25.5. The molecule has 0 saturated carbocycles. The minimum atomic E-state index is -0.712. The van der Waals surface area contributed by atoms with Gasteiger partial charge in [0, 0.05) is 22.6 Å². The highest BCUT2D eigenvalue weighted by Crippen LogP contribution is 2.36. The third-order valence-electron chi connectivity index (χ3n) is 4.68. The molecule has 0 heterocycles. The third-order valence-corrected chi connectivity index (χ3v) is 5.77. The molecule has 0 spiro atoms. The summed E-state index contributed by atoms with van der Waals surface area (Å²) in [6.07, 6.45) is -0.712. The number of hydrogen-bond donors (Lipinski definition) is 2. The van der Waals surface area contributed by atoms with Gasteiger partial charge in [-0.3, -0.25) is 4.79 Å². The summed E-state index contributed by atoms with van der Waals surface area (Å²) in [6.45, 7) is 0.0706. The number of anilines is 1. The number of carbonyl (C=O) groups is 1. The van der Waals surface area contributed by atoms with E-state index in [1.807, 2.05) is 66.7 Å². The topological polar surface area (TPSA) is 70.9 Å². The molecule has 3 aromatic rings. The highest BCUT2D eigenvalue weighted by molar-refractivity contribution is 8.00. The fourth-order valence-corrected chi connectivity index (χ4v) is 4.08. The normalized spacial score (nSPS) is 12.6. The van der Waals surface area contributed by atoms with Crippen LogP contribution in [0.5, 0.6) is 0 Å². The van der Waals surface area contributed by atoms with E-state index in [1.165, 1.54) is 11.8 Å². The van der Waals surface area contributed by atoms with E-state index in [9.17, 15) is 9.90 Å². The number of benzene rings is 3. The van der Waals surface area contributed by atoms with Gasteiger partial charge in [-0.25, -0.2) is 0 Å². The van der Waals surface area contributed by atoms with Crippen molar-refractivity contribution in [1.82, 2.24) is 0 Å². The summed E-state index contributed by atoms with van der Waals surface area (Å²) in [4.78, 5) is 17.4. The molecule has 1 atom stereocenters. The molecule has 2 N–H and O–H groups in total. The molecule has 30 heavy (non-hydrogen) atoms. The first-order chi connectivity index (χ1) is 14.7. The van der Waals surface area contributed by atoms with Crippen LogP contribution in [0.15, 0.2) is 84.0 Å². The lowest BCUT2D eigenvalue weighted by Gasteiger charge is -2.10. The summed E-state index contributed by atoms with van der Waals surface area (Å²) in [5.74, 6) is 0.556. The zero-order valence-corrected chi connectivity index (χ0v) is 17.1. The smallest absolute Gasteiger partial charge is 0.234 e. The zero-order valence-electron chi connectivity index (χ0n) is 16.3. The maximum absolute atomic E-state index is 11.9. The van der Waals surface area contributed by atoms with Gasteiger partial charge in [0.25, 0.3) is 0 Å². The Morgan fingerprint density at radius 2 is 1.47 bits per heavy atom. The van der Waals surface area contributed by atoms with E-state index in [0.29, 0.717) is 5.75 Å². The molecular weight excluding hydrogens is 396 g/mol. The molecule has 4 rings (SSSR count). The molecule has 0 radical (unpaired) electrons. The standard InChI is InChI=1S/C24H22N2O3S/c27-18(15-30-16-23(28)25-17-8-2-1-3-9-17)14-29-26-24-21-12-6-4-10-19(21)20-11-5-7-13-22(20)24/h1-13,18,27H,14-16H2,(H,25,28). The SMILES string of the molecule is O=C(CSCC(O)CON=C1c2ccccc2-c2ccccc21)Nc1ccccc1. The Bertz CT molecular complexity index is 1010. The van der Waals surface area contributed by atoms with Gasteiger partial charge < -0.3 is 15.3 Å². The van der Waals surface area contributed by atoms with Crippen LogP contribution in [-0.2, 0) is 9.63 Å². The number of thioether (sulfide) groups is 1. The van der Waals surface area contributed by atoms with Crippen LogP contribution in [0.1, 0.15) is 11.1 Å². The van der Waals surface area contributed by atoms with Crippen molar-refractivity contribution in [3.63, 3.8) is 0 Å². The Hall–Kier alpha value is -3.09. The van der Waals surface area contributed by atoms with Gasteiger partial charge in [-0.15, -0.1) is 11.8 Å². The second-order valence-electron chi connectivity index (χ2n) is 6.91. The molecule has 0 aliphatic heterocycles. The van der Waals surface area contributed by atoms with Gasteiger partial charge in [0.2, 0.25) is 5.91 Å². The largest absolute Gasteiger partial charge is 0.392 e. The molecule has 1 aliphatic rings. The van der Waals surface area contributed by atoms with E-state index in [-0.39, 0.29) is 18.3 Å². The van der Waals surface area contributed by atoms with Gasteiger partial charge in [-0.2, -0.15) is 0 Å². The molecule has 0 aromatic heterocycles. The Labute approximate surface area is 179 Å². The number of aliphatic hydroxyl groups excluding tert-OH is 1. The number of oxime groups is 1. The maximum atomic E-state index is 11.9. The fourth-order valence-electron chi connectivity index (χ4n) is 3.33. The van der Waals surface area contributed by atoms with Crippen molar-refractivity contribution >= 4 is 29.1 Å². The molecule has 1 amide bonds. The molecule has 0 bridgehead atoms. The Morgan fingerprint density at radius 3 is 2.10 bits per heavy atom. The quantitative estimate of drug-likeness (QED) is 0.422. The minimum Gasteiger partial charge on any atom is -0.392 e.